The number of aromatic amines is 1. The highest BCUT2D eigenvalue weighted by Gasteiger charge is 2.59. The Bertz CT molecular complexity index is 1280. The van der Waals surface area contributed by atoms with Crippen LogP contribution in [0.2, 0.25) is 0 Å². The minimum Gasteiger partial charge on any atom is -0.481 e. The minimum absolute atomic E-state index is 0.134. The van der Waals surface area contributed by atoms with Gasteiger partial charge in [0.25, 0.3) is 0 Å². The van der Waals surface area contributed by atoms with Crippen LogP contribution in [0, 0.1) is 17.8 Å². The zero-order chi connectivity index (χ0) is 21.7. The van der Waals surface area contributed by atoms with Crippen LogP contribution in [0.1, 0.15) is 5.69 Å². The molecule has 6 rings (SSSR count). The van der Waals surface area contributed by atoms with Crippen molar-refractivity contribution >= 4 is 16.9 Å². The summed E-state index contributed by atoms with van der Waals surface area (Å²) in [5, 5.41) is 17.0. The van der Waals surface area contributed by atoms with E-state index >= 15 is 0 Å². The molecule has 0 amide bonds. The van der Waals surface area contributed by atoms with Gasteiger partial charge in [0.2, 0.25) is 5.88 Å². The standard InChI is InChI=1S/C24H21N5O3/c30-24(31)23-18-12-29(13-19(18)23)11-16-3-1-14-9-17(4-5-20(14)27-16)32-22-6-2-15(10-25-22)21-7-8-26-28-21/h1-10,18-19,23H,11-13H2,(H,26,28)(H,30,31)/t18-,19+,23+. The molecule has 2 N–H and O–H groups in total. The number of rotatable bonds is 6. The fourth-order valence-electron chi connectivity index (χ4n) is 4.77. The molecule has 1 aliphatic carbocycles. The molecule has 8 nitrogen and oxygen atoms in total. The van der Waals surface area contributed by atoms with Crippen molar-refractivity contribution in [3.63, 3.8) is 0 Å². The van der Waals surface area contributed by atoms with Crippen LogP contribution >= 0.6 is 0 Å². The highest BCUT2D eigenvalue weighted by atomic mass is 16.5. The van der Waals surface area contributed by atoms with E-state index in [-0.39, 0.29) is 5.92 Å². The lowest BCUT2D eigenvalue weighted by Crippen LogP contribution is -2.26. The highest BCUT2D eigenvalue weighted by molar-refractivity contribution is 5.80. The lowest BCUT2D eigenvalue weighted by atomic mass is 10.2. The van der Waals surface area contributed by atoms with Gasteiger partial charge in [-0.2, -0.15) is 5.10 Å². The molecule has 160 valence electrons. The number of aliphatic carboxylic acids is 1. The Balaban J connectivity index is 1.12. The first-order valence-electron chi connectivity index (χ1n) is 10.6. The molecular formula is C24H21N5O3. The number of fused-ring (bicyclic) bond motifs is 2. The molecule has 0 spiro atoms. The van der Waals surface area contributed by atoms with E-state index in [0.29, 0.717) is 23.5 Å². The normalized spacial score (nSPS) is 22.1. The number of carboxylic acid groups (broad SMARTS) is 1. The van der Waals surface area contributed by atoms with Gasteiger partial charge in [0, 0.05) is 49.0 Å². The van der Waals surface area contributed by atoms with E-state index in [1.54, 1.807) is 12.4 Å². The molecule has 1 saturated heterocycles. The number of hydrogen-bond donors (Lipinski definition) is 2. The smallest absolute Gasteiger partial charge is 0.307 e. The Morgan fingerprint density at radius 1 is 1.12 bits per heavy atom. The maximum absolute atomic E-state index is 11.1. The van der Waals surface area contributed by atoms with E-state index in [9.17, 15) is 9.90 Å². The first kappa shape index (κ1) is 18.9. The average molecular weight is 427 g/mol. The van der Waals surface area contributed by atoms with Gasteiger partial charge in [-0.1, -0.05) is 6.07 Å². The molecule has 4 heterocycles. The number of hydrogen-bond acceptors (Lipinski definition) is 6. The average Bonchev–Trinajstić information content (AvgIpc) is 3.13. The summed E-state index contributed by atoms with van der Waals surface area (Å²) in [7, 11) is 0. The van der Waals surface area contributed by atoms with Crippen LogP contribution in [0.25, 0.3) is 22.2 Å². The molecule has 3 aromatic heterocycles. The molecule has 1 saturated carbocycles. The van der Waals surface area contributed by atoms with Crippen molar-refractivity contribution in [1.82, 2.24) is 25.1 Å². The van der Waals surface area contributed by atoms with E-state index in [1.165, 1.54) is 0 Å². The minimum atomic E-state index is -0.648. The van der Waals surface area contributed by atoms with Gasteiger partial charge in [-0.05, 0) is 48.2 Å². The predicted molar refractivity (Wildman–Crippen MR) is 117 cm³/mol. The summed E-state index contributed by atoms with van der Waals surface area (Å²) in [5.41, 5.74) is 3.75. The van der Waals surface area contributed by atoms with Crippen molar-refractivity contribution in [2.75, 3.05) is 13.1 Å². The lowest BCUT2D eigenvalue weighted by Gasteiger charge is -2.18. The fraction of sp³-hybridized carbons (Fsp3) is 0.250. The van der Waals surface area contributed by atoms with Crippen LogP contribution in [-0.2, 0) is 11.3 Å². The summed E-state index contributed by atoms with van der Waals surface area (Å²) in [4.78, 5) is 22.6. The number of aromatic nitrogens is 4. The van der Waals surface area contributed by atoms with Crippen LogP contribution in [0.4, 0.5) is 0 Å². The van der Waals surface area contributed by atoms with E-state index in [0.717, 1.165) is 47.5 Å². The number of ether oxygens (including phenoxy) is 1. The summed E-state index contributed by atoms with van der Waals surface area (Å²) in [6.45, 7) is 2.45. The topological polar surface area (TPSA) is 104 Å². The summed E-state index contributed by atoms with van der Waals surface area (Å²) >= 11 is 0. The van der Waals surface area contributed by atoms with Gasteiger partial charge in [0.05, 0.1) is 22.8 Å². The van der Waals surface area contributed by atoms with Crippen molar-refractivity contribution < 1.29 is 14.6 Å². The second kappa shape index (κ2) is 7.42. The van der Waals surface area contributed by atoms with E-state index in [4.69, 9.17) is 9.72 Å². The van der Waals surface area contributed by atoms with Crippen LogP contribution in [-0.4, -0.2) is 49.2 Å². The number of carboxylic acids is 1. The van der Waals surface area contributed by atoms with Crippen molar-refractivity contribution in [2.45, 2.75) is 6.54 Å². The molecule has 2 fully saturated rings. The van der Waals surface area contributed by atoms with Crippen LogP contribution < -0.4 is 4.74 Å². The number of H-pyrrole nitrogens is 1. The molecule has 8 heteroatoms. The Hall–Kier alpha value is -3.78. The maximum atomic E-state index is 11.1. The largest absolute Gasteiger partial charge is 0.481 e. The Labute approximate surface area is 183 Å². The number of pyridine rings is 2. The Morgan fingerprint density at radius 3 is 2.72 bits per heavy atom. The predicted octanol–water partition coefficient (Wildman–Crippen LogP) is 3.57. The molecule has 1 aromatic carbocycles. The Kier molecular flexibility index (Phi) is 4.39. The molecule has 3 atom stereocenters. The lowest BCUT2D eigenvalue weighted by molar-refractivity contribution is -0.139. The molecule has 0 radical (unpaired) electrons. The Morgan fingerprint density at radius 2 is 2.00 bits per heavy atom. The molecule has 0 unspecified atom stereocenters. The SMILES string of the molecule is O=C(O)[C@H]1[C@@H]2CN(Cc3ccc4cc(Oc5ccc(-c6ccn[nH]6)cn5)ccc4n3)C[C@@H]21. The van der Waals surface area contributed by atoms with Gasteiger partial charge in [-0.25, -0.2) is 4.98 Å². The number of benzene rings is 1. The summed E-state index contributed by atoms with van der Waals surface area (Å²) in [6, 6.07) is 15.5. The zero-order valence-electron chi connectivity index (χ0n) is 17.2. The van der Waals surface area contributed by atoms with Crippen LogP contribution in [0.5, 0.6) is 11.6 Å². The molecule has 0 bridgehead atoms. The third kappa shape index (κ3) is 3.48. The van der Waals surface area contributed by atoms with Crippen molar-refractivity contribution in [2.24, 2.45) is 17.8 Å². The molecule has 4 aromatic rings. The number of piperidine rings is 1. The first-order chi connectivity index (χ1) is 15.6. The second-order valence-electron chi connectivity index (χ2n) is 8.50. The summed E-state index contributed by atoms with van der Waals surface area (Å²) < 4.78 is 5.92. The maximum Gasteiger partial charge on any atom is 0.307 e. The van der Waals surface area contributed by atoms with E-state index < -0.39 is 5.97 Å². The quantitative estimate of drug-likeness (QED) is 0.485. The van der Waals surface area contributed by atoms with Gasteiger partial charge < -0.3 is 9.84 Å². The number of carbonyl (C=O) groups is 1. The highest BCUT2D eigenvalue weighted by Crippen LogP contribution is 2.51. The van der Waals surface area contributed by atoms with E-state index in [2.05, 4.69) is 26.1 Å². The molecule has 2 aliphatic rings. The van der Waals surface area contributed by atoms with Gasteiger partial charge >= 0.3 is 5.97 Å². The van der Waals surface area contributed by atoms with Gasteiger partial charge in [0.1, 0.15) is 5.75 Å². The monoisotopic (exact) mass is 427 g/mol. The third-order valence-electron chi connectivity index (χ3n) is 6.43. The first-order valence-corrected chi connectivity index (χ1v) is 10.6. The third-order valence-corrected chi connectivity index (χ3v) is 6.43. The number of likely N-dealkylation sites (tertiary alicyclic amines) is 1. The van der Waals surface area contributed by atoms with Gasteiger partial charge in [0.15, 0.2) is 0 Å². The van der Waals surface area contributed by atoms with Crippen LogP contribution in [0.15, 0.2) is 60.9 Å². The number of nitrogens with one attached hydrogen (secondary N) is 1. The van der Waals surface area contributed by atoms with Crippen LogP contribution in [0.3, 0.4) is 0 Å². The molecule has 32 heavy (non-hydrogen) atoms. The molecular weight excluding hydrogens is 406 g/mol. The van der Waals surface area contributed by atoms with Crippen molar-refractivity contribution in [3.05, 3.63) is 66.6 Å². The van der Waals surface area contributed by atoms with Crippen molar-refractivity contribution in [1.29, 1.82) is 0 Å². The fourth-order valence-corrected chi connectivity index (χ4v) is 4.77. The summed E-state index contributed by atoms with van der Waals surface area (Å²) in [5.74, 6) is 1.07. The van der Waals surface area contributed by atoms with E-state index in [1.807, 2.05) is 42.5 Å². The second-order valence-corrected chi connectivity index (χ2v) is 8.50. The summed E-state index contributed by atoms with van der Waals surface area (Å²) in [6.07, 6.45) is 3.45. The zero-order valence-corrected chi connectivity index (χ0v) is 17.2. The molecule has 1 aliphatic heterocycles. The van der Waals surface area contributed by atoms with Gasteiger partial charge in [-0.15, -0.1) is 0 Å². The number of nitrogens with zero attached hydrogens (tertiary/aromatic N) is 4. The van der Waals surface area contributed by atoms with Crippen molar-refractivity contribution in [3.8, 4) is 22.9 Å². The van der Waals surface area contributed by atoms with Gasteiger partial charge in [-0.3, -0.25) is 19.8 Å².